The van der Waals surface area contributed by atoms with Crippen LogP contribution in [0.15, 0.2) is 30.6 Å². The second-order valence-corrected chi connectivity index (χ2v) is 3.84. The Kier molecular flexibility index (Phi) is 3.18. The van der Waals surface area contributed by atoms with Gasteiger partial charge in [0.05, 0.1) is 13.0 Å². The first-order valence-electron chi connectivity index (χ1n) is 5.33. The van der Waals surface area contributed by atoms with Gasteiger partial charge in [-0.3, -0.25) is 9.48 Å². The maximum atomic E-state index is 10.4. The van der Waals surface area contributed by atoms with E-state index in [4.69, 9.17) is 5.11 Å². The summed E-state index contributed by atoms with van der Waals surface area (Å²) < 4.78 is 1.54. The summed E-state index contributed by atoms with van der Waals surface area (Å²) in [6.07, 6.45) is 1.61. The van der Waals surface area contributed by atoms with E-state index in [9.17, 15) is 4.79 Å². The zero-order valence-electron chi connectivity index (χ0n) is 9.50. The molecule has 88 valence electrons. The van der Waals surface area contributed by atoms with E-state index in [1.807, 2.05) is 31.2 Å². The van der Waals surface area contributed by atoms with Crippen LogP contribution in [-0.4, -0.2) is 25.8 Å². The van der Waals surface area contributed by atoms with E-state index in [1.165, 1.54) is 5.56 Å². The van der Waals surface area contributed by atoms with Crippen LogP contribution >= 0.6 is 0 Å². The second kappa shape index (κ2) is 4.78. The van der Waals surface area contributed by atoms with Crippen LogP contribution in [0.1, 0.15) is 12.0 Å². The van der Waals surface area contributed by atoms with Crippen molar-refractivity contribution in [3.63, 3.8) is 0 Å². The number of rotatable bonds is 4. The highest BCUT2D eigenvalue weighted by atomic mass is 16.4. The van der Waals surface area contributed by atoms with Crippen molar-refractivity contribution in [2.24, 2.45) is 0 Å². The molecule has 2 rings (SSSR count). The lowest BCUT2D eigenvalue weighted by molar-refractivity contribution is -0.137. The highest BCUT2D eigenvalue weighted by Gasteiger charge is 2.05. The number of aromatic nitrogens is 3. The van der Waals surface area contributed by atoms with Crippen molar-refractivity contribution in [3.8, 4) is 11.4 Å². The lowest BCUT2D eigenvalue weighted by Gasteiger charge is -1.97. The van der Waals surface area contributed by atoms with Gasteiger partial charge in [-0.2, -0.15) is 5.10 Å². The first-order valence-corrected chi connectivity index (χ1v) is 5.33. The minimum Gasteiger partial charge on any atom is -0.481 e. The molecule has 0 atom stereocenters. The summed E-state index contributed by atoms with van der Waals surface area (Å²) in [5.41, 5.74) is 2.11. The highest BCUT2D eigenvalue weighted by molar-refractivity contribution is 5.66. The molecule has 0 bridgehead atoms. The summed E-state index contributed by atoms with van der Waals surface area (Å²) in [5, 5.41) is 12.8. The van der Waals surface area contributed by atoms with Crippen molar-refractivity contribution in [1.82, 2.24) is 14.8 Å². The third kappa shape index (κ3) is 2.90. The Morgan fingerprint density at radius 3 is 2.71 bits per heavy atom. The van der Waals surface area contributed by atoms with E-state index < -0.39 is 5.97 Å². The van der Waals surface area contributed by atoms with Gasteiger partial charge < -0.3 is 5.11 Å². The first kappa shape index (κ1) is 11.3. The van der Waals surface area contributed by atoms with Crippen LogP contribution in [-0.2, 0) is 11.3 Å². The zero-order chi connectivity index (χ0) is 12.3. The molecule has 0 aliphatic rings. The van der Waals surface area contributed by atoms with Gasteiger partial charge in [-0.05, 0) is 6.92 Å². The zero-order valence-corrected chi connectivity index (χ0v) is 9.50. The third-order valence-electron chi connectivity index (χ3n) is 2.40. The van der Waals surface area contributed by atoms with E-state index in [1.54, 1.807) is 11.0 Å². The molecule has 5 heteroatoms. The van der Waals surface area contributed by atoms with Crippen LogP contribution in [0, 0.1) is 6.92 Å². The van der Waals surface area contributed by atoms with Gasteiger partial charge >= 0.3 is 5.97 Å². The van der Waals surface area contributed by atoms with E-state index >= 15 is 0 Å². The Morgan fingerprint density at radius 1 is 1.35 bits per heavy atom. The van der Waals surface area contributed by atoms with E-state index in [0.29, 0.717) is 12.4 Å². The second-order valence-electron chi connectivity index (χ2n) is 3.84. The van der Waals surface area contributed by atoms with Gasteiger partial charge in [-0.1, -0.05) is 29.8 Å². The average Bonchev–Trinajstić information content (AvgIpc) is 2.76. The smallest absolute Gasteiger partial charge is 0.305 e. The normalized spacial score (nSPS) is 10.4. The van der Waals surface area contributed by atoms with Crippen molar-refractivity contribution in [1.29, 1.82) is 0 Å². The molecule has 0 unspecified atom stereocenters. The number of benzene rings is 1. The van der Waals surface area contributed by atoms with Crippen molar-refractivity contribution in [2.75, 3.05) is 0 Å². The summed E-state index contributed by atoms with van der Waals surface area (Å²) in [6.45, 7) is 2.36. The molecule has 0 aliphatic carbocycles. The van der Waals surface area contributed by atoms with Crippen LogP contribution in [0.4, 0.5) is 0 Å². The molecule has 0 fully saturated rings. The predicted molar refractivity (Wildman–Crippen MR) is 62.4 cm³/mol. The number of aryl methyl sites for hydroxylation is 2. The topological polar surface area (TPSA) is 68.0 Å². The number of carboxylic acids is 1. The van der Waals surface area contributed by atoms with Gasteiger partial charge in [0.15, 0.2) is 5.82 Å². The van der Waals surface area contributed by atoms with Crippen LogP contribution in [0.25, 0.3) is 11.4 Å². The average molecular weight is 231 g/mol. The summed E-state index contributed by atoms with van der Waals surface area (Å²) in [6, 6.07) is 7.89. The molecular weight excluding hydrogens is 218 g/mol. The van der Waals surface area contributed by atoms with Gasteiger partial charge in [0.2, 0.25) is 0 Å². The molecule has 1 N–H and O–H groups in total. The largest absolute Gasteiger partial charge is 0.481 e. The van der Waals surface area contributed by atoms with E-state index in [-0.39, 0.29) is 6.42 Å². The summed E-state index contributed by atoms with van der Waals surface area (Å²) in [7, 11) is 0. The quantitative estimate of drug-likeness (QED) is 0.870. The van der Waals surface area contributed by atoms with E-state index in [0.717, 1.165) is 5.56 Å². The molecule has 0 aliphatic heterocycles. The minimum absolute atomic E-state index is 0.0523. The molecule has 1 aromatic heterocycles. The van der Waals surface area contributed by atoms with Crippen LogP contribution < -0.4 is 0 Å². The fourth-order valence-corrected chi connectivity index (χ4v) is 1.45. The Bertz CT molecular complexity index is 517. The maximum Gasteiger partial charge on any atom is 0.305 e. The number of hydrogen-bond donors (Lipinski definition) is 1. The lowest BCUT2D eigenvalue weighted by Crippen LogP contribution is -2.04. The molecule has 0 spiro atoms. The number of hydrogen-bond acceptors (Lipinski definition) is 3. The summed E-state index contributed by atoms with van der Waals surface area (Å²) in [5.74, 6) is -0.215. The molecular formula is C12H13N3O2. The maximum absolute atomic E-state index is 10.4. The van der Waals surface area contributed by atoms with Gasteiger partial charge in [-0.15, -0.1) is 0 Å². The molecule has 0 saturated carbocycles. The molecule has 5 nitrogen and oxygen atoms in total. The van der Waals surface area contributed by atoms with Crippen molar-refractivity contribution in [2.45, 2.75) is 19.9 Å². The number of carbonyl (C=O) groups is 1. The van der Waals surface area contributed by atoms with Gasteiger partial charge in [0.1, 0.15) is 6.33 Å². The van der Waals surface area contributed by atoms with E-state index in [2.05, 4.69) is 10.1 Å². The van der Waals surface area contributed by atoms with Crippen LogP contribution in [0.5, 0.6) is 0 Å². The van der Waals surface area contributed by atoms with Crippen molar-refractivity contribution in [3.05, 3.63) is 36.2 Å². The van der Waals surface area contributed by atoms with Gasteiger partial charge in [0.25, 0.3) is 0 Å². The van der Waals surface area contributed by atoms with Crippen LogP contribution in [0.3, 0.4) is 0 Å². The van der Waals surface area contributed by atoms with Crippen molar-refractivity contribution < 1.29 is 9.90 Å². The Balaban J connectivity index is 2.12. The standard InChI is InChI=1S/C12H13N3O2/c1-9-2-4-10(5-3-9)12-13-8-15(14-12)7-6-11(16)17/h2-5,8H,6-7H2,1H3,(H,16,17). The van der Waals surface area contributed by atoms with Crippen molar-refractivity contribution >= 4 is 5.97 Å². The molecule has 0 radical (unpaired) electrons. The van der Waals surface area contributed by atoms with Crippen LogP contribution in [0.2, 0.25) is 0 Å². The Hall–Kier alpha value is -2.17. The minimum atomic E-state index is -0.836. The predicted octanol–water partition coefficient (Wildman–Crippen LogP) is 1.73. The molecule has 2 aromatic rings. The number of nitrogens with zero attached hydrogens (tertiary/aromatic N) is 3. The molecule has 17 heavy (non-hydrogen) atoms. The lowest BCUT2D eigenvalue weighted by atomic mass is 10.1. The first-order chi connectivity index (χ1) is 8.15. The molecule has 1 aromatic carbocycles. The number of aliphatic carboxylic acids is 1. The third-order valence-corrected chi connectivity index (χ3v) is 2.40. The summed E-state index contributed by atoms with van der Waals surface area (Å²) in [4.78, 5) is 14.6. The Morgan fingerprint density at radius 2 is 2.06 bits per heavy atom. The fourth-order valence-electron chi connectivity index (χ4n) is 1.45. The van der Waals surface area contributed by atoms with Gasteiger partial charge in [0, 0.05) is 5.56 Å². The fraction of sp³-hybridized carbons (Fsp3) is 0.250. The van der Waals surface area contributed by atoms with Gasteiger partial charge in [-0.25, -0.2) is 4.98 Å². The molecule has 1 heterocycles. The molecule has 0 saturated heterocycles. The number of carboxylic acid groups (broad SMARTS) is 1. The molecule has 0 amide bonds. The Labute approximate surface area is 98.7 Å². The summed E-state index contributed by atoms with van der Waals surface area (Å²) >= 11 is 0. The highest BCUT2D eigenvalue weighted by Crippen LogP contribution is 2.14. The monoisotopic (exact) mass is 231 g/mol. The SMILES string of the molecule is Cc1ccc(-c2ncn(CCC(=O)O)n2)cc1.